The first-order chi connectivity index (χ1) is 11.2. The molecule has 3 N–H and O–H groups in total. The number of hydrogen-bond donors (Lipinski definition) is 3. The van der Waals surface area contributed by atoms with Crippen molar-refractivity contribution in [3.8, 4) is 0 Å². The van der Waals surface area contributed by atoms with Gasteiger partial charge in [0.2, 0.25) is 11.8 Å². The van der Waals surface area contributed by atoms with Crippen LogP contribution in [0.3, 0.4) is 0 Å². The fourth-order valence-corrected chi connectivity index (χ4v) is 1.68. The molecule has 0 aliphatic heterocycles. The Bertz CT molecular complexity index is 621. The van der Waals surface area contributed by atoms with Crippen molar-refractivity contribution in [3.05, 3.63) is 42.5 Å². The third-order valence-corrected chi connectivity index (χ3v) is 2.66. The van der Waals surface area contributed by atoms with Crippen molar-refractivity contribution >= 4 is 23.6 Å². The maximum absolute atomic E-state index is 11.7. The van der Waals surface area contributed by atoms with Crippen LogP contribution in [0.2, 0.25) is 0 Å². The molecular formula is C17H23N3O4. The molecule has 24 heavy (non-hydrogen) atoms. The van der Waals surface area contributed by atoms with E-state index in [1.807, 2.05) is 6.07 Å². The summed E-state index contributed by atoms with van der Waals surface area (Å²) in [6.07, 6.45) is 0.531. The van der Waals surface area contributed by atoms with Crippen molar-refractivity contribution in [2.24, 2.45) is 0 Å². The summed E-state index contributed by atoms with van der Waals surface area (Å²) in [4.78, 5) is 34.4. The molecule has 7 heteroatoms. The fraction of sp³-hybridized carbons (Fsp3) is 0.353. The zero-order valence-corrected chi connectivity index (χ0v) is 14.1. The van der Waals surface area contributed by atoms with Gasteiger partial charge in [-0.05, 0) is 44.5 Å². The zero-order valence-electron chi connectivity index (χ0n) is 14.1. The molecule has 7 nitrogen and oxygen atoms in total. The molecule has 0 saturated carbocycles. The number of carbonyl (C=O) groups excluding carboxylic acids is 3. The van der Waals surface area contributed by atoms with Gasteiger partial charge in [-0.15, -0.1) is 0 Å². The monoisotopic (exact) mass is 333 g/mol. The largest absolute Gasteiger partial charge is 0.444 e. The lowest BCUT2D eigenvalue weighted by Gasteiger charge is -2.19. The summed E-state index contributed by atoms with van der Waals surface area (Å²) < 4.78 is 5.04. The zero-order chi connectivity index (χ0) is 18.2. The Kier molecular flexibility index (Phi) is 6.98. The lowest BCUT2D eigenvalue weighted by atomic mass is 10.2. The molecule has 1 rings (SSSR count). The third kappa shape index (κ3) is 7.98. The Morgan fingerprint density at radius 3 is 2.54 bits per heavy atom. The van der Waals surface area contributed by atoms with Crippen molar-refractivity contribution < 1.29 is 19.1 Å². The minimum Gasteiger partial charge on any atom is -0.444 e. The quantitative estimate of drug-likeness (QED) is 0.693. The maximum atomic E-state index is 11.7. The highest BCUT2D eigenvalue weighted by Gasteiger charge is 2.16. The van der Waals surface area contributed by atoms with E-state index >= 15 is 0 Å². The number of anilines is 1. The molecule has 0 fully saturated rings. The standard InChI is InChI=1S/C17H23N3O4/c1-5-14(21)20-13-8-6-7-12(9-13)10-18-15(22)11-19-16(23)24-17(2,3)4/h5-9H,1,10-11H2,2-4H3,(H,18,22)(H,19,23)(H,20,21). The Hall–Kier alpha value is -2.83. The number of hydrogen-bond acceptors (Lipinski definition) is 4. The van der Waals surface area contributed by atoms with E-state index in [1.165, 1.54) is 6.08 Å². The van der Waals surface area contributed by atoms with Crippen LogP contribution in [0.25, 0.3) is 0 Å². The summed E-state index contributed by atoms with van der Waals surface area (Å²) in [5, 5.41) is 7.69. The molecule has 1 aromatic carbocycles. The number of alkyl carbamates (subject to hydrolysis) is 1. The molecule has 0 spiro atoms. The van der Waals surface area contributed by atoms with Crippen LogP contribution in [-0.4, -0.2) is 30.1 Å². The van der Waals surface area contributed by atoms with E-state index in [0.29, 0.717) is 5.69 Å². The van der Waals surface area contributed by atoms with Crippen LogP contribution < -0.4 is 16.0 Å². The predicted molar refractivity (Wildman–Crippen MR) is 91.4 cm³/mol. The second-order valence-electron chi connectivity index (χ2n) is 6.03. The van der Waals surface area contributed by atoms with Crippen molar-refractivity contribution in [3.63, 3.8) is 0 Å². The molecule has 0 aliphatic rings. The van der Waals surface area contributed by atoms with Crippen LogP contribution >= 0.6 is 0 Å². The molecule has 0 bridgehead atoms. The number of carbonyl (C=O) groups is 3. The Balaban J connectivity index is 2.41. The molecule has 0 atom stereocenters. The third-order valence-electron chi connectivity index (χ3n) is 2.66. The van der Waals surface area contributed by atoms with Crippen LogP contribution in [0.1, 0.15) is 26.3 Å². The molecule has 0 unspecified atom stereocenters. The first-order valence-electron chi connectivity index (χ1n) is 7.45. The number of rotatable bonds is 6. The molecule has 0 saturated heterocycles. The summed E-state index contributed by atoms with van der Waals surface area (Å²) in [5.41, 5.74) is 0.803. The maximum Gasteiger partial charge on any atom is 0.408 e. The van der Waals surface area contributed by atoms with Crippen molar-refractivity contribution in [2.45, 2.75) is 32.9 Å². The smallest absolute Gasteiger partial charge is 0.408 e. The van der Waals surface area contributed by atoms with Gasteiger partial charge in [0.25, 0.3) is 0 Å². The van der Waals surface area contributed by atoms with Crippen molar-refractivity contribution in [2.75, 3.05) is 11.9 Å². The lowest BCUT2D eigenvalue weighted by Crippen LogP contribution is -2.39. The van der Waals surface area contributed by atoms with Crippen LogP contribution in [0, 0.1) is 0 Å². The summed E-state index contributed by atoms with van der Waals surface area (Å²) in [7, 11) is 0. The van der Waals surface area contributed by atoms with Gasteiger partial charge in [-0.1, -0.05) is 18.7 Å². The second-order valence-corrected chi connectivity index (χ2v) is 6.03. The SMILES string of the molecule is C=CC(=O)Nc1cccc(CNC(=O)CNC(=O)OC(C)(C)C)c1. The number of amides is 3. The van der Waals surface area contributed by atoms with Crippen LogP contribution in [-0.2, 0) is 20.9 Å². The molecule has 3 amide bonds. The van der Waals surface area contributed by atoms with Crippen LogP contribution in [0.4, 0.5) is 10.5 Å². The van der Waals surface area contributed by atoms with Gasteiger partial charge in [0.15, 0.2) is 0 Å². The van der Waals surface area contributed by atoms with Gasteiger partial charge in [0.1, 0.15) is 12.1 Å². The van der Waals surface area contributed by atoms with E-state index in [4.69, 9.17) is 4.74 Å². The minimum atomic E-state index is -0.646. The Morgan fingerprint density at radius 2 is 1.92 bits per heavy atom. The van der Waals surface area contributed by atoms with Crippen molar-refractivity contribution in [1.29, 1.82) is 0 Å². The average Bonchev–Trinajstić information content (AvgIpc) is 2.49. The highest BCUT2D eigenvalue weighted by molar-refractivity contribution is 5.98. The summed E-state index contributed by atoms with van der Waals surface area (Å²) >= 11 is 0. The molecule has 0 heterocycles. The van der Waals surface area contributed by atoms with E-state index < -0.39 is 11.7 Å². The number of ether oxygens (including phenoxy) is 1. The summed E-state index contributed by atoms with van der Waals surface area (Å²) in [6.45, 7) is 8.70. The fourth-order valence-electron chi connectivity index (χ4n) is 1.68. The van der Waals surface area contributed by atoms with Crippen molar-refractivity contribution in [1.82, 2.24) is 10.6 Å². The van der Waals surface area contributed by atoms with Crippen LogP contribution in [0.5, 0.6) is 0 Å². The molecule has 0 aromatic heterocycles. The number of nitrogens with one attached hydrogen (secondary N) is 3. The van der Waals surface area contributed by atoms with Gasteiger partial charge < -0.3 is 20.7 Å². The molecule has 130 valence electrons. The molecule has 0 aliphatic carbocycles. The molecule has 0 radical (unpaired) electrons. The number of benzene rings is 1. The first-order valence-corrected chi connectivity index (χ1v) is 7.45. The van der Waals surface area contributed by atoms with Gasteiger partial charge in [-0.2, -0.15) is 0 Å². The average molecular weight is 333 g/mol. The topological polar surface area (TPSA) is 96.5 Å². The lowest BCUT2D eigenvalue weighted by molar-refractivity contribution is -0.120. The van der Waals surface area contributed by atoms with Gasteiger partial charge in [0.05, 0.1) is 0 Å². The normalized spacial score (nSPS) is 10.5. The highest BCUT2D eigenvalue weighted by Crippen LogP contribution is 2.10. The molecular weight excluding hydrogens is 310 g/mol. The van der Waals surface area contributed by atoms with E-state index in [9.17, 15) is 14.4 Å². The van der Waals surface area contributed by atoms with Gasteiger partial charge >= 0.3 is 6.09 Å². The summed E-state index contributed by atoms with van der Waals surface area (Å²) in [6, 6.07) is 7.05. The summed E-state index contributed by atoms with van der Waals surface area (Å²) in [5.74, 6) is -0.654. The first kappa shape index (κ1) is 19.2. The highest BCUT2D eigenvalue weighted by atomic mass is 16.6. The van der Waals surface area contributed by atoms with Crippen LogP contribution in [0.15, 0.2) is 36.9 Å². The van der Waals surface area contributed by atoms with E-state index in [2.05, 4.69) is 22.5 Å². The van der Waals surface area contributed by atoms with Gasteiger partial charge in [-0.25, -0.2) is 4.79 Å². The Labute approximate surface area is 141 Å². The second kappa shape index (κ2) is 8.71. The predicted octanol–water partition coefficient (Wildman–Crippen LogP) is 1.95. The van der Waals surface area contributed by atoms with E-state index in [-0.39, 0.29) is 24.9 Å². The van der Waals surface area contributed by atoms with E-state index in [0.717, 1.165) is 5.56 Å². The van der Waals surface area contributed by atoms with Gasteiger partial charge in [-0.3, -0.25) is 9.59 Å². The van der Waals surface area contributed by atoms with Gasteiger partial charge in [0, 0.05) is 12.2 Å². The molecule has 1 aromatic rings. The minimum absolute atomic E-state index is 0.179. The van der Waals surface area contributed by atoms with E-state index in [1.54, 1.807) is 39.0 Å². The Morgan fingerprint density at radius 1 is 1.21 bits per heavy atom.